The third kappa shape index (κ3) is 3.39. The lowest BCUT2D eigenvalue weighted by Gasteiger charge is -2.18. The highest BCUT2D eigenvalue weighted by Gasteiger charge is 2.05. The molecule has 0 saturated carbocycles. The highest BCUT2D eigenvalue weighted by molar-refractivity contribution is 5.49. The van der Waals surface area contributed by atoms with Crippen LogP contribution in [-0.2, 0) is 6.54 Å². The second-order valence-corrected chi connectivity index (χ2v) is 3.98. The van der Waals surface area contributed by atoms with E-state index in [1.165, 1.54) is 18.5 Å². The molecule has 0 bridgehead atoms. The zero-order valence-electron chi connectivity index (χ0n) is 10.3. The molecule has 1 heterocycles. The molecule has 0 amide bonds. The maximum atomic E-state index is 12.8. The fourth-order valence-electron chi connectivity index (χ4n) is 1.63. The Morgan fingerprint density at radius 1 is 1.32 bits per heavy atom. The van der Waals surface area contributed by atoms with E-state index in [1.807, 2.05) is 11.9 Å². The lowest BCUT2D eigenvalue weighted by molar-refractivity contribution is 0.627. The van der Waals surface area contributed by atoms with E-state index in [0.717, 1.165) is 5.56 Å². The number of aromatic nitrogens is 2. The zero-order chi connectivity index (χ0) is 13.7. The minimum absolute atomic E-state index is 0.256. The predicted molar refractivity (Wildman–Crippen MR) is 69.8 cm³/mol. The minimum Gasteiger partial charge on any atom is -0.355 e. The van der Waals surface area contributed by atoms with Crippen LogP contribution >= 0.6 is 0 Å². The molecule has 0 aliphatic rings. The Morgan fingerprint density at radius 3 is 2.74 bits per heavy atom. The molecule has 1 aromatic carbocycles. The van der Waals surface area contributed by atoms with Gasteiger partial charge in [0.1, 0.15) is 23.8 Å². The van der Waals surface area contributed by atoms with Crippen molar-refractivity contribution in [2.24, 2.45) is 0 Å². The molecule has 0 fully saturated rings. The molecule has 0 unspecified atom stereocenters. The molecule has 0 radical (unpaired) electrons. The van der Waals surface area contributed by atoms with Crippen molar-refractivity contribution in [3.63, 3.8) is 0 Å². The van der Waals surface area contributed by atoms with Gasteiger partial charge in [-0.1, -0.05) is 12.1 Å². The molecule has 6 heteroatoms. The van der Waals surface area contributed by atoms with Gasteiger partial charge in [-0.3, -0.25) is 5.32 Å². The van der Waals surface area contributed by atoms with Crippen LogP contribution in [0.25, 0.3) is 0 Å². The average molecular weight is 257 g/mol. The number of hydrogen-bond donors (Lipinski definition) is 1. The van der Waals surface area contributed by atoms with Crippen LogP contribution in [0.5, 0.6) is 0 Å². The second-order valence-electron chi connectivity index (χ2n) is 3.98. The van der Waals surface area contributed by atoms with Crippen molar-refractivity contribution < 1.29 is 4.39 Å². The maximum absolute atomic E-state index is 12.8. The number of nitrogens with one attached hydrogen (secondary N) is 1. The molecule has 0 atom stereocenters. The number of rotatable bonds is 4. The summed E-state index contributed by atoms with van der Waals surface area (Å²) < 4.78 is 12.8. The molecule has 2 aromatic rings. The topological polar surface area (TPSA) is 64.8 Å². The highest BCUT2D eigenvalue weighted by atomic mass is 19.1. The number of benzene rings is 1. The summed E-state index contributed by atoms with van der Waals surface area (Å²) in [5.74, 6) is 0.865. The highest BCUT2D eigenvalue weighted by Crippen LogP contribution is 2.15. The molecule has 1 N–H and O–H groups in total. The van der Waals surface area contributed by atoms with E-state index in [0.29, 0.717) is 18.2 Å². The first kappa shape index (κ1) is 12.8. The van der Waals surface area contributed by atoms with Gasteiger partial charge in [0.15, 0.2) is 6.19 Å². The summed E-state index contributed by atoms with van der Waals surface area (Å²) in [4.78, 5) is 9.92. The first-order valence-corrected chi connectivity index (χ1v) is 5.62. The van der Waals surface area contributed by atoms with Crippen molar-refractivity contribution in [2.45, 2.75) is 6.54 Å². The lowest BCUT2D eigenvalue weighted by atomic mass is 10.2. The number of nitrogens with zero attached hydrogens (tertiary/aromatic N) is 4. The molecule has 5 nitrogen and oxygen atoms in total. The van der Waals surface area contributed by atoms with Crippen molar-refractivity contribution in [1.82, 2.24) is 9.97 Å². The van der Waals surface area contributed by atoms with Gasteiger partial charge in [0, 0.05) is 19.7 Å². The Labute approximate surface area is 110 Å². The summed E-state index contributed by atoms with van der Waals surface area (Å²) in [6, 6.07) is 7.97. The normalized spacial score (nSPS) is 9.74. The lowest BCUT2D eigenvalue weighted by Crippen LogP contribution is -2.18. The zero-order valence-corrected chi connectivity index (χ0v) is 10.3. The average Bonchev–Trinajstić information content (AvgIpc) is 2.42. The largest absolute Gasteiger partial charge is 0.355 e. The van der Waals surface area contributed by atoms with Crippen LogP contribution in [0.1, 0.15) is 5.56 Å². The van der Waals surface area contributed by atoms with Gasteiger partial charge in [-0.15, -0.1) is 0 Å². The van der Waals surface area contributed by atoms with Gasteiger partial charge in [0.2, 0.25) is 0 Å². The summed E-state index contributed by atoms with van der Waals surface area (Å²) >= 11 is 0. The third-order valence-electron chi connectivity index (χ3n) is 2.56. The smallest absolute Gasteiger partial charge is 0.182 e. The molecule has 0 saturated heterocycles. The van der Waals surface area contributed by atoms with Crippen molar-refractivity contribution in [3.05, 3.63) is 48.0 Å². The Kier molecular flexibility index (Phi) is 3.88. The van der Waals surface area contributed by atoms with Gasteiger partial charge in [-0.25, -0.2) is 14.4 Å². The summed E-state index contributed by atoms with van der Waals surface area (Å²) in [5.41, 5.74) is 0.970. The summed E-state index contributed by atoms with van der Waals surface area (Å²) in [6.45, 7) is 0.587. The summed E-state index contributed by atoms with van der Waals surface area (Å²) in [6.07, 6.45) is 3.19. The maximum Gasteiger partial charge on any atom is 0.182 e. The Balaban J connectivity index is 2.11. The molecule has 0 aliphatic carbocycles. The first-order chi connectivity index (χ1) is 9.19. The molecule has 0 spiro atoms. The fourth-order valence-corrected chi connectivity index (χ4v) is 1.63. The molecular formula is C13H12FN5. The fraction of sp³-hybridized carbons (Fsp3) is 0.154. The third-order valence-corrected chi connectivity index (χ3v) is 2.56. The number of anilines is 2. The van der Waals surface area contributed by atoms with Crippen molar-refractivity contribution in [3.8, 4) is 6.19 Å². The van der Waals surface area contributed by atoms with Crippen LogP contribution < -0.4 is 10.2 Å². The van der Waals surface area contributed by atoms with Crippen LogP contribution in [0.4, 0.5) is 16.0 Å². The van der Waals surface area contributed by atoms with Crippen LogP contribution in [0.2, 0.25) is 0 Å². The van der Waals surface area contributed by atoms with E-state index in [9.17, 15) is 4.39 Å². The Morgan fingerprint density at radius 2 is 2.05 bits per heavy atom. The van der Waals surface area contributed by atoms with E-state index in [1.54, 1.807) is 24.4 Å². The summed E-state index contributed by atoms with van der Waals surface area (Å²) in [7, 11) is 1.86. The van der Waals surface area contributed by atoms with Gasteiger partial charge in [-0.05, 0) is 17.7 Å². The van der Waals surface area contributed by atoms with Crippen molar-refractivity contribution in [1.29, 1.82) is 5.26 Å². The Hall–Kier alpha value is -2.68. The van der Waals surface area contributed by atoms with Gasteiger partial charge in [0.25, 0.3) is 0 Å². The van der Waals surface area contributed by atoms with E-state index < -0.39 is 0 Å². The quantitative estimate of drug-likeness (QED) is 0.671. The standard InChI is InChI=1S/C13H12FN5/c1-19(7-10-2-4-11(14)5-3-10)13-6-12(16-8-15)17-9-18-13/h2-6,9H,7H2,1H3,(H,16,17,18). The first-order valence-electron chi connectivity index (χ1n) is 5.62. The monoisotopic (exact) mass is 257 g/mol. The molecule has 19 heavy (non-hydrogen) atoms. The van der Waals surface area contributed by atoms with Crippen LogP contribution in [0.3, 0.4) is 0 Å². The van der Waals surface area contributed by atoms with E-state index in [4.69, 9.17) is 5.26 Å². The van der Waals surface area contributed by atoms with E-state index in [-0.39, 0.29) is 5.82 Å². The predicted octanol–water partition coefficient (Wildman–Crippen LogP) is 2.15. The van der Waals surface area contributed by atoms with Crippen LogP contribution in [-0.4, -0.2) is 17.0 Å². The minimum atomic E-state index is -0.256. The molecule has 96 valence electrons. The van der Waals surface area contributed by atoms with Crippen molar-refractivity contribution >= 4 is 11.6 Å². The molecule has 2 rings (SSSR count). The molecule has 1 aromatic heterocycles. The second kappa shape index (κ2) is 5.78. The molecule has 0 aliphatic heterocycles. The molecular weight excluding hydrogens is 245 g/mol. The number of halogens is 1. The van der Waals surface area contributed by atoms with Crippen LogP contribution in [0, 0.1) is 17.3 Å². The van der Waals surface area contributed by atoms with Gasteiger partial charge < -0.3 is 4.90 Å². The van der Waals surface area contributed by atoms with Crippen molar-refractivity contribution in [2.75, 3.05) is 17.3 Å². The van der Waals surface area contributed by atoms with Gasteiger partial charge in [0.05, 0.1) is 0 Å². The number of hydrogen-bond acceptors (Lipinski definition) is 5. The van der Waals surface area contributed by atoms with E-state index >= 15 is 0 Å². The van der Waals surface area contributed by atoms with E-state index in [2.05, 4.69) is 15.3 Å². The number of nitriles is 1. The Bertz CT molecular complexity index is 591. The van der Waals surface area contributed by atoms with Crippen LogP contribution in [0.15, 0.2) is 36.7 Å². The van der Waals surface area contributed by atoms with Gasteiger partial charge >= 0.3 is 0 Å². The summed E-state index contributed by atoms with van der Waals surface area (Å²) in [5, 5.41) is 11.0. The SMILES string of the molecule is CN(Cc1ccc(F)cc1)c1cc(NC#N)ncn1. The van der Waals surface area contributed by atoms with Gasteiger partial charge in [-0.2, -0.15) is 5.26 Å².